The van der Waals surface area contributed by atoms with Crippen LogP contribution in [0, 0.1) is 6.92 Å². The number of aromatic nitrogens is 2. The van der Waals surface area contributed by atoms with Crippen molar-refractivity contribution in [3.8, 4) is 0 Å². The molecule has 0 aliphatic rings. The predicted molar refractivity (Wildman–Crippen MR) is 93.9 cm³/mol. The molecule has 3 nitrogen and oxygen atoms in total. The van der Waals surface area contributed by atoms with Gasteiger partial charge in [0.2, 0.25) is 0 Å². The third-order valence-corrected chi connectivity index (χ3v) is 4.37. The monoisotopic (exact) mass is 308 g/mol. The maximum atomic E-state index is 10.2. The van der Waals surface area contributed by atoms with Crippen molar-refractivity contribution >= 4 is 5.65 Å². The molecule has 1 N–H and O–H groups in total. The first-order chi connectivity index (χ1) is 11.0. The smallest absolute Gasteiger partial charge is 0.140 e. The first-order valence-corrected chi connectivity index (χ1v) is 8.20. The highest BCUT2D eigenvalue weighted by Crippen LogP contribution is 2.24. The highest BCUT2D eigenvalue weighted by molar-refractivity contribution is 5.51. The highest BCUT2D eigenvalue weighted by Gasteiger charge is 2.17. The van der Waals surface area contributed by atoms with E-state index in [1.54, 1.807) is 6.92 Å². The molecule has 120 valence electrons. The van der Waals surface area contributed by atoms with Gasteiger partial charge < -0.3 is 9.51 Å². The lowest BCUT2D eigenvalue weighted by Crippen LogP contribution is -2.02. The molecule has 3 heteroatoms. The summed E-state index contributed by atoms with van der Waals surface area (Å²) in [6.45, 7) is 8.25. The number of fused-ring (bicyclic) bond motifs is 1. The number of imidazole rings is 1. The fourth-order valence-electron chi connectivity index (χ4n) is 3.06. The quantitative estimate of drug-likeness (QED) is 0.775. The molecule has 0 spiro atoms. The van der Waals surface area contributed by atoms with E-state index in [4.69, 9.17) is 4.98 Å². The van der Waals surface area contributed by atoms with Crippen LogP contribution in [0.5, 0.6) is 0 Å². The number of benzene rings is 1. The van der Waals surface area contributed by atoms with Crippen LogP contribution in [0.15, 0.2) is 42.6 Å². The number of pyridine rings is 1. The molecule has 3 rings (SSSR count). The molecule has 1 unspecified atom stereocenters. The Morgan fingerprint density at radius 1 is 1.09 bits per heavy atom. The van der Waals surface area contributed by atoms with Crippen LogP contribution in [0.4, 0.5) is 0 Å². The Hall–Kier alpha value is -2.13. The van der Waals surface area contributed by atoms with Crippen LogP contribution in [0.25, 0.3) is 5.65 Å². The van der Waals surface area contributed by atoms with Crippen molar-refractivity contribution in [3.63, 3.8) is 0 Å². The lowest BCUT2D eigenvalue weighted by molar-refractivity contribution is 0.192. The maximum absolute atomic E-state index is 10.2. The van der Waals surface area contributed by atoms with Crippen molar-refractivity contribution in [2.75, 3.05) is 0 Å². The van der Waals surface area contributed by atoms with Gasteiger partial charge in [0.1, 0.15) is 5.65 Å². The summed E-state index contributed by atoms with van der Waals surface area (Å²) in [5.41, 5.74) is 6.45. The van der Waals surface area contributed by atoms with E-state index in [1.807, 2.05) is 16.7 Å². The normalized spacial score (nSPS) is 13.0. The summed E-state index contributed by atoms with van der Waals surface area (Å²) in [5.74, 6) is 0.537. The number of aliphatic hydroxyl groups is 1. The van der Waals surface area contributed by atoms with Gasteiger partial charge in [-0.1, -0.05) is 44.2 Å². The van der Waals surface area contributed by atoms with Gasteiger partial charge in [-0.05, 0) is 42.5 Å². The van der Waals surface area contributed by atoms with Gasteiger partial charge >= 0.3 is 0 Å². The minimum Gasteiger partial charge on any atom is -0.387 e. The first kappa shape index (κ1) is 15.8. The zero-order valence-electron chi connectivity index (χ0n) is 14.2. The summed E-state index contributed by atoms with van der Waals surface area (Å²) in [6.07, 6.45) is 2.17. The zero-order chi connectivity index (χ0) is 16.6. The van der Waals surface area contributed by atoms with Gasteiger partial charge in [-0.3, -0.25) is 0 Å². The van der Waals surface area contributed by atoms with E-state index in [1.165, 1.54) is 11.1 Å². The number of nitrogens with zero attached hydrogens (tertiary/aromatic N) is 2. The molecule has 23 heavy (non-hydrogen) atoms. The number of aryl methyl sites for hydroxylation is 1. The second-order valence-corrected chi connectivity index (χ2v) is 6.58. The largest absolute Gasteiger partial charge is 0.387 e. The van der Waals surface area contributed by atoms with Crippen molar-refractivity contribution in [2.24, 2.45) is 0 Å². The molecule has 2 aromatic heterocycles. The second-order valence-electron chi connectivity index (χ2n) is 6.58. The molecule has 0 amide bonds. The highest BCUT2D eigenvalue weighted by atomic mass is 16.3. The Labute approximate surface area is 137 Å². The zero-order valence-corrected chi connectivity index (χ0v) is 14.2. The van der Waals surface area contributed by atoms with Crippen molar-refractivity contribution in [1.29, 1.82) is 0 Å². The fourth-order valence-corrected chi connectivity index (χ4v) is 3.06. The van der Waals surface area contributed by atoms with E-state index in [-0.39, 0.29) is 0 Å². The molecule has 2 heterocycles. The van der Waals surface area contributed by atoms with Crippen LogP contribution >= 0.6 is 0 Å². The number of hydrogen-bond acceptors (Lipinski definition) is 2. The molecule has 1 atom stereocenters. The van der Waals surface area contributed by atoms with Crippen molar-refractivity contribution in [3.05, 3.63) is 70.7 Å². The van der Waals surface area contributed by atoms with Gasteiger partial charge in [-0.25, -0.2) is 4.98 Å². The summed E-state index contributed by atoms with van der Waals surface area (Å²) in [4.78, 5) is 4.79. The summed E-state index contributed by atoms with van der Waals surface area (Å²) in [6, 6.07) is 12.7. The lowest BCUT2D eigenvalue weighted by atomic mass is 9.99. The Balaban J connectivity index is 2.02. The third-order valence-electron chi connectivity index (χ3n) is 4.37. The van der Waals surface area contributed by atoms with Crippen LogP contribution in [0.1, 0.15) is 60.9 Å². The summed E-state index contributed by atoms with van der Waals surface area (Å²) in [5, 5.41) is 10.2. The molecule has 0 bridgehead atoms. The Kier molecular flexibility index (Phi) is 4.22. The summed E-state index contributed by atoms with van der Waals surface area (Å²) in [7, 11) is 0. The van der Waals surface area contributed by atoms with E-state index >= 15 is 0 Å². The molecule has 0 aliphatic carbocycles. The molecule has 1 aromatic carbocycles. The molecule has 3 aromatic rings. The van der Waals surface area contributed by atoms with Gasteiger partial charge in [0.15, 0.2) is 0 Å². The number of rotatable bonds is 4. The van der Waals surface area contributed by atoms with Gasteiger partial charge in [0.05, 0.1) is 17.5 Å². The molecule has 0 fully saturated rings. The van der Waals surface area contributed by atoms with Crippen molar-refractivity contribution in [1.82, 2.24) is 9.38 Å². The van der Waals surface area contributed by atoms with E-state index in [0.717, 1.165) is 29.0 Å². The minimum atomic E-state index is -0.545. The average Bonchev–Trinajstić information content (AvgIpc) is 2.87. The third kappa shape index (κ3) is 3.02. The predicted octanol–water partition coefficient (Wildman–Crippen LogP) is 4.41. The molecule has 0 aliphatic heterocycles. The summed E-state index contributed by atoms with van der Waals surface area (Å²) < 4.78 is 2.01. The Morgan fingerprint density at radius 2 is 1.78 bits per heavy atom. The molecule has 0 radical (unpaired) electrons. The fraction of sp³-hybridized carbons (Fsp3) is 0.350. The van der Waals surface area contributed by atoms with E-state index < -0.39 is 6.10 Å². The Bertz CT molecular complexity index is 814. The first-order valence-electron chi connectivity index (χ1n) is 8.20. The van der Waals surface area contributed by atoms with E-state index in [9.17, 15) is 5.11 Å². The topological polar surface area (TPSA) is 37.5 Å². The number of aliphatic hydroxyl groups excluding tert-OH is 1. The van der Waals surface area contributed by atoms with Gasteiger partial charge in [-0.2, -0.15) is 0 Å². The molecular weight excluding hydrogens is 284 g/mol. The summed E-state index contributed by atoms with van der Waals surface area (Å²) >= 11 is 0. The van der Waals surface area contributed by atoms with Crippen LogP contribution < -0.4 is 0 Å². The van der Waals surface area contributed by atoms with E-state index in [2.05, 4.69) is 51.1 Å². The van der Waals surface area contributed by atoms with Crippen LogP contribution in [0.2, 0.25) is 0 Å². The van der Waals surface area contributed by atoms with Crippen LogP contribution in [0.3, 0.4) is 0 Å². The van der Waals surface area contributed by atoms with Crippen LogP contribution in [-0.4, -0.2) is 14.5 Å². The van der Waals surface area contributed by atoms with Crippen LogP contribution in [-0.2, 0) is 6.42 Å². The van der Waals surface area contributed by atoms with Gasteiger partial charge in [0, 0.05) is 12.6 Å². The second kappa shape index (κ2) is 6.17. The molecular formula is C20H24N2O. The standard InChI is InChI=1S/C20H24N2O/c1-13(2)17-9-7-16(8-10-17)12-18-19(15(4)23)22-11-5-6-14(3)20(22)21-18/h5-11,13,15,23H,12H2,1-4H3. The van der Waals surface area contributed by atoms with E-state index in [0.29, 0.717) is 5.92 Å². The SMILES string of the molecule is Cc1cccn2c(C(C)O)c(Cc3ccc(C(C)C)cc3)nc12. The molecule has 0 saturated heterocycles. The van der Waals surface area contributed by atoms with Crippen molar-refractivity contribution < 1.29 is 5.11 Å². The van der Waals surface area contributed by atoms with Crippen molar-refractivity contribution in [2.45, 2.75) is 46.1 Å². The minimum absolute atomic E-state index is 0.537. The Morgan fingerprint density at radius 3 is 2.39 bits per heavy atom. The van der Waals surface area contributed by atoms with Gasteiger partial charge in [-0.15, -0.1) is 0 Å². The molecule has 0 saturated carbocycles. The average molecular weight is 308 g/mol. The van der Waals surface area contributed by atoms with Gasteiger partial charge in [0.25, 0.3) is 0 Å². The lowest BCUT2D eigenvalue weighted by Gasteiger charge is -2.09. The number of hydrogen-bond donors (Lipinski definition) is 1. The maximum Gasteiger partial charge on any atom is 0.140 e.